The maximum Gasteiger partial charge on any atom is 0.259 e. The molecule has 0 bridgehead atoms. The number of rotatable bonds is 4. The van der Waals surface area contributed by atoms with Crippen LogP contribution in [-0.2, 0) is 4.79 Å². The van der Waals surface area contributed by atoms with Crippen LogP contribution in [0.4, 0.5) is 0 Å². The first-order chi connectivity index (χ1) is 14.0. The van der Waals surface area contributed by atoms with E-state index in [4.69, 9.17) is 0 Å². The van der Waals surface area contributed by atoms with Crippen LogP contribution in [-0.4, -0.2) is 57.9 Å². The van der Waals surface area contributed by atoms with Crippen LogP contribution in [0.5, 0.6) is 5.75 Å². The molecule has 3 heterocycles. The van der Waals surface area contributed by atoms with Gasteiger partial charge in [0.1, 0.15) is 5.75 Å². The van der Waals surface area contributed by atoms with Crippen molar-refractivity contribution in [3.63, 3.8) is 0 Å². The first-order valence-electron chi connectivity index (χ1n) is 11.0. The topological polar surface area (TPSA) is 93.7 Å². The summed E-state index contributed by atoms with van der Waals surface area (Å²) in [5.74, 6) is 0.298. The second-order valence-electron chi connectivity index (χ2n) is 9.04. The Morgan fingerprint density at radius 1 is 1.14 bits per heavy atom. The molecule has 0 aromatic carbocycles. The minimum atomic E-state index is -0.488. The summed E-state index contributed by atoms with van der Waals surface area (Å²) in [6.45, 7) is 2.55. The van der Waals surface area contributed by atoms with E-state index in [1.807, 2.05) is 4.90 Å². The zero-order valence-corrected chi connectivity index (χ0v) is 17.0. The van der Waals surface area contributed by atoms with Crippen LogP contribution in [0, 0.1) is 11.3 Å². The maximum absolute atomic E-state index is 13.3. The van der Waals surface area contributed by atoms with Crippen molar-refractivity contribution in [1.82, 2.24) is 14.8 Å². The molecule has 4 rings (SSSR count). The van der Waals surface area contributed by atoms with Crippen molar-refractivity contribution < 1.29 is 14.7 Å². The number of amides is 2. The molecule has 1 saturated carbocycles. The molecule has 1 aromatic rings. The van der Waals surface area contributed by atoms with Crippen molar-refractivity contribution in [3.8, 4) is 5.75 Å². The van der Waals surface area contributed by atoms with Gasteiger partial charge in [-0.1, -0.05) is 32.1 Å². The van der Waals surface area contributed by atoms with Gasteiger partial charge in [-0.25, -0.2) is 0 Å². The Morgan fingerprint density at radius 3 is 2.69 bits per heavy atom. The van der Waals surface area contributed by atoms with Gasteiger partial charge in [-0.3, -0.25) is 14.4 Å². The number of nitrogens with zero attached hydrogens (tertiary/aromatic N) is 2. The third-order valence-electron chi connectivity index (χ3n) is 7.13. The molecule has 0 radical (unpaired) electrons. The molecule has 2 amide bonds. The van der Waals surface area contributed by atoms with E-state index in [2.05, 4.69) is 4.98 Å². The lowest BCUT2D eigenvalue weighted by atomic mass is 9.78. The van der Waals surface area contributed by atoms with E-state index in [0.717, 1.165) is 44.3 Å². The Balaban J connectivity index is 1.40. The summed E-state index contributed by atoms with van der Waals surface area (Å²) in [5, 5.41) is 9.97. The Morgan fingerprint density at radius 2 is 1.93 bits per heavy atom. The van der Waals surface area contributed by atoms with E-state index in [1.54, 1.807) is 4.90 Å². The molecule has 1 atom stereocenters. The van der Waals surface area contributed by atoms with Gasteiger partial charge in [-0.2, -0.15) is 0 Å². The van der Waals surface area contributed by atoms with Crippen molar-refractivity contribution in [2.45, 2.75) is 57.8 Å². The van der Waals surface area contributed by atoms with E-state index in [1.165, 1.54) is 38.3 Å². The summed E-state index contributed by atoms with van der Waals surface area (Å²) >= 11 is 0. The average molecular weight is 402 g/mol. The highest BCUT2D eigenvalue weighted by atomic mass is 16.3. The second kappa shape index (κ2) is 8.20. The number of aromatic hydroxyl groups is 1. The van der Waals surface area contributed by atoms with Crippen LogP contribution < -0.4 is 5.56 Å². The number of carbonyl (C=O) groups is 2. The molecule has 2 saturated heterocycles. The highest BCUT2D eigenvalue weighted by molar-refractivity contribution is 5.97. The lowest BCUT2D eigenvalue weighted by Gasteiger charge is -2.40. The fourth-order valence-corrected chi connectivity index (χ4v) is 5.41. The molecule has 3 fully saturated rings. The minimum Gasteiger partial charge on any atom is -0.507 e. The molecular weight excluding hydrogens is 370 g/mol. The van der Waals surface area contributed by atoms with Crippen molar-refractivity contribution >= 4 is 11.8 Å². The van der Waals surface area contributed by atoms with Gasteiger partial charge in [-0.15, -0.1) is 0 Å². The van der Waals surface area contributed by atoms with Crippen LogP contribution in [0.3, 0.4) is 0 Å². The van der Waals surface area contributed by atoms with Crippen LogP contribution in [0.1, 0.15) is 68.1 Å². The predicted molar refractivity (Wildman–Crippen MR) is 109 cm³/mol. The van der Waals surface area contributed by atoms with Crippen LogP contribution in [0.2, 0.25) is 0 Å². The van der Waals surface area contributed by atoms with Gasteiger partial charge < -0.3 is 19.9 Å². The smallest absolute Gasteiger partial charge is 0.259 e. The van der Waals surface area contributed by atoms with Gasteiger partial charge in [0.15, 0.2) is 0 Å². The molecule has 3 aliphatic rings. The van der Waals surface area contributed by atoms with Gasteiger partial charge in [0, 0.05) is 38.4 Å². The number of carbonyl (C=O) groups excluding carboxylic acids is 2. The third-order valence-corrected chi connectivity index (χ3v) is 7.13. The first-order valence-corrected chi connectivity index (χ1v) is 11.0. The normalized spacial score (nSPS) is 25.7. The summed E-state index contributed by atoms with van der Waals surface area (Å²) in [7, 11) is 0. The number of hydrogen-bond acceptors (Lipinski definition) is 4. The molecule has 0 unspecified atom stereocenters. The predicted octanol–water partition coefficient (Wildman–Crippen LogP) is 2.51. The zero-order chi connectivity index (χ0) is 20.4. The summed E-state index contributed by atoms with van der Waals surface area (Å²) in [4.78, 5) is 43.6. The minimum absolute atomic E-state index is 0.0825. The third kappa shape index (κ3) is 4.05. The molecule has 29 heavy (non-hydrogen) atoms. The van der Waals surface area contributed by atoms with Crippen molar-refractivity contribution in [2.75, 3.05) is 26.2 Å². The lowest BCUT2D eigenvalue weighted by molar-refractivity contribution is -0.145. The first kappa shape index (κ1) is 20.0. The van der Waals surface area contributed by atoms with Crippen LogP contribution in [0.15, 0.2) is 17.1 Å². The van der Waals surface area contributed by atoms with E-state index in [-0.39, 0.29) is 23.1 Å². The number of piperidine rings is 1. The highest BCUT2D eigenvalue weighted by Crippen LogP contribution is 2.41. The van der Waals surface area contributed by atoms with Gasteiger partial charge in [0.05, 0.1) is 11.0 Å². The summed E-state index contributed by atoms with van der Waals surface area (Å²) in [5.41, 5.74) is -0.856. The summed E-state index contributed by atoms with van der Waals surface area (Å²) < 4.78 is 0. The molecule has 158 valence electrons. The Hall–Kier alpha value is -2.31. The number of H-pyrrole nitrogens is 1. The van der Waals surface area contributed by atoms with Crippen LogP contribution in [0.25, 0.3) is 0 Å². The van der Waals surface area contributed by atoms with Gasteiger partial charge in [0.25, 0.3) is 11.5 Å². The van der Waals surface area contributed by atoms with Crippen molar-refractivity contribution in [2.24, 2.45) is 11.3 Å². The SMILES string of the molecule is O=C(c1c[nH]c(=O)cc1O)N1CC[C@]2(CCCN(CCC3CCCCC3)C2=O)C1. The van der Waals surface area contributed by atoms with E-state index in [0.29, 0.717) is 19.5 Å². The maximum atomic E-state index is 13.3. The molecule has 1 aliphatic carbocycles. The summed E-state index contributed by atoms with van der Waals surface area (Å²) in [6, 6.07) is 1.01. The fraction of sp³-hybridized carbons (Fsp3) is 0.682. The largest absolute Gasteiger partial charge is 0.507 e. The number of nitrogens with one attached hydrogen (secondary N) is 1. The molecule has 7 heteroatoms. The lowest BCUT2D eigenvalue weighted by Crippen LogP contribution is -2.50. The fourth-order valence-electron chi connectivity index (χ4n) is 5.41. The Bertz CT molecular complexity index is 830. The van der Waals surface area contributed by atoms with Crippen molar-refractivity contribution in [3.05, 3.63) is 28.2 Å². The quantitative estimate of drug-likeness (QED) is 0.811. The number of likely N-dealkylation sites (tertiary alicyclic amines) is 2. The second-order valence-corrected chi connectivity index (χ2v) is 9.04. The number of aromatic amines is 1. The monoisotopic (exact) mass is 401 g/mol. The van der Waals surface area contributed by atoms with Gasteiger partial charge >= 0.3 is 0 Å². The Labute approximate surface area is 171 Å². The molecular formula is C22H31N3O4. The molecule has 7 nitrogen and oxygen atoms in total. The number of pyridine rings is 1. The van der Waals surface area contributed by atoms with Gasteiger partial charge in [0.2, 0.25) is 5.91 Å². The molecule has 2 N–H and O–H groups in total. The van der Waals surface area contributed by atoms with E-state index < -0.39 is 11.0 Å². The van der Waals surface area contributed by atoms with E-state index >= 15 is 0 Å². The van der Waals surface area contributed by atoms with Gasteiger partial charge in [-0.05, 0) is 31.6 Å². The molecule has 1 spiro atoms. The Kier molecular flexibility index (Phi) is 5.65. The zero-order valence-electron chi connectivity index (χ0n) is 17.0. The summed E-state index contributed by atoms with van der Waals surface area (Å²) in [6.07, 6.45) is 11.4. The molecule has 1 aromatic heterocycles. The van der Waals surface area contributed by atoms with Crippen molar-refractivity contribution in [1.29, 1.82) is 0 Å². The highest BCUT2D eigenvalue weighted by Gasteiger charge is 2.49. The number of aromatic nitrogens is 1. The standard InChI is InChI=1S/C22H31N3O4/c26-18-13-19(27)23-14-17(18)20(28)25-12-9-22(15-25)8-4-10-24(21(22)29)11-7-16-5-2-1-3-6-16/h13-14,16H,1-12,15H2,(H2,23,26,27)/t22-/m1/s1. The van der Waals surface area contributed by atoms with Crippen LogP contribution >= 0.6 is 0 Å². The average Bonchev–Trinajstić information content (AvgIpc) is 3.15. The molecule has 2 aliphatic heterocycles. The van der Waals surface area contributed by atoms with E-state index in [9.17, 15) is 19.5 Å². The number of hydrogen-bond donors (Lipinski definition) is 2.